The van der Waals surface area contributed by atoms with Gasteiger partial charge in [-0.2, -0.15) is 0 Å². The highest BCUT2D eigenvalue weighted by molar-refractivity contribution is 6.18. The van der Waals surface area contributed by atoms with Crippen LogP contribution in [0.4, 0.5) is 0 Å². The Morgan fingerprint density at radius 1 is 1.37 bits per heavy atom. The second-order valence-corrected chi connectivity index (χ2v) is 5.18. The molecule has 0 amide bonds. The van der Waals surface area contributed by atoms with Gasteiger partial charge >= 0.3 is 0 Å². The van der Waals surface area contributed by atoms with Crippen LogP contribution in [0.25, 0.3) is 0 Å². The maximum atomic E-state index is 5.60. The molecule has 1 saturated carbocycles. The number of alkyl halides is 1. The second-order valence-electron chi connectivity index (χ2n) is 4.80. The summed E-state index contributed by atoms with van der Waals surface area (Å²) >= 11 is 5.59. The molecular formula is C16H19ClO2. The van der Waals surface area contributed by atoms with Crippen LogP contribution in [0.15, 0.2) is 18.2 Å². The van der Waals surface area contributed by atoms with E-state index in [0.717, 1.165) is 29.4 Å². The number of aryl methyl sites for hydroxylation is 1. The molecule has 1 aliphatic carbocycles. The van der Waals surface area contributed by atoms with Gasteiger partial charge in [-0.05, 0) is 49.4 Å². The van der Waals surface area contributed by atoms with Gasteiger partial charge < -0.3 is 9.47 Å². The molecule has 102 valence electrons. The summed E-state index contributed by atoms with van der Waals surface area (Å²) in [5, 5.41) is 0. The standard InChI is InChI=1S/C16H19ClO2/c1-13-10-14(4-2-3-9-17)7-8-16(13)19-12-18-11-15-5-6-15/h7-8,10,15H,3,5-6,9,11-12H2,1H3. The average Bonchev–Trinajstić information content (AvgIpc) is 3.21. The molecule has 0 spiro atoms. The van der Waals surface area contributed by atoms with Crippen LogP contribution in [-0.2, 0) is 4.74 Å². The molecule has 3 heteroatoms. The molecule has 0 unspecified atom stereocenters. The summed E-state index contributed by atoms with van der Waals surface area (Å²) < 4.78 is 11.1. The Hall–Kier alpha value is -1.17. The number of hydrogen-bond donors (Lipinski definition) is 0. The minimum absolute atomic E-state index is 0.328. The Balaban J connectivity index is 1.82. The Labute approximate surface area is 120 Å². The van der Waals surface area contributed by atoms with E-state index in [4.69, 9.17) is 21.1 Å². The minimum atomic E-state index is 0.328. The summed E-state index contributed by atoms with van der Waals surface area (Å²) in [4.78, 5) is 0. The molecule has 0 aromatic heterocycles. The first-order chi connectivity index (χ1) is 9.29. The van der Waals surface area contributed by atoms with Crippen LogP contribution in [0, 0.1) is 24.7 Å². The molecule has 1 aliphatic rings. The average molecular weight is 279 g/mol. The van der Waals surface area contributed by atoms with Gasteiger partial charge in [0.25, 0.3) is 0 Å². The molecule has 19 heavy (non-hydrogen) atoms. The third kappa shape index (κ3) is 5.14. The summed E-state index contributed by atoms with van der Waals surface area (Å²) in [5.74, 6) is 8.31. The molecule has 0 radical (unpaired) electrons. The van der Waals surface area contributed by atoms with Crippen molar-refractivity contribution in [3.63, 3.8) is 0 Å². The monoisotopic (exact) mass is 278 g/mol. The van der Waals surface area contributed by atoms with Crippen LogP contribution >= 0.6 is 11.6 Å². The van der Waals surface area contributed by atoms with Crippen molar-refractivity contribution >= 4 is 11.6 Å². The van der Waals surface area contributed by atoms with Crippen LogP contribution in [0.2, 0.25) is 0 Å². The highest BCUT2D eigenvalue weighted by Crippen LogP contribution is 2.28. The van der Waals surface area contributed by atoms with E-state index in [1.54, 1.807) is 0 Å². The van der Waals surface area contributed by atoms with Crippen molar-refractivity contribution in [3.8, 4) is 17.6 Å². The van der Waals surface area contributed by atoms with Gasteiger partial charge in [0.1, 0.15) is 5.75 Å². The van der Waals surface area contributed by atoms with Crippen LogP contribution < -0.4 is 4.74 Å². The zero-order chi connectivity index (χ0) is 13.5. The van der Waals surface area contributed by atoms with Crippen molar-refractivity contribution in [1.29, 1.82) is 0 Å². The lowest BCUT2D eigenvalue weighted by Crippen LogP contribution is -2.05. The Morgan fingerprint density at radius 2 is 2.21 bits per heavy atom. The second kappa shape index (κ2) is 7.43. The number of rotatable bonds is 6. The molecule has 2 nitrogen and oxygen atoms in total. The molecular weight excluding hydrogens is 260 g/mol. The minimum Gasteiger partial charge on any atom is -0.467 e. The largest absolute Gasteiger partial charge is 0.467 e. The molecule has 0 heterocycles. The summed E-state index contributed by atoms with van der Waals surface area (Å²) in [5.41, 5.74) is 2.07. The van der Waals surface area contributed by atoms with Gasteiger partial charge in [0.2, 0.25) is 0 Å². The first kappa shape index (κ1) is 14.2. The van der Waals surface area contributed by atoms with Crippen LogP contribution in [-0.4, -0.2) is 19.3 Å². The molecule has 0 N–H and O–H groups in total. The van der Waals surface area contributed by atoms with Crippen molar-refractivity contribution < 1.29 is 9.47 Å². The normalized spacial score (nSPS) is 13.8. The fourth-order valence-corrected chi connectivity index (χ4v) is 1.80. The Bertz CT molecular complexity index is 469. The third-order valence-electron chi connectivity index (χ3n) is 2.98. The van der Waals surface area contributed by atoms with Crippen LogP contribution in [0.5, 0.6) is 5.75 Å². The maximum Gasteiger partial charge on any atom is 0.189 e. The lowest BCUT2D eigenvalue weighted by molar-refractivity contribution is 0.00961. The molecule has 0 bridgehead atoms. The highest BCUT2D eigenvalue weighted by atomic mass is 35.5. The van der Waals surface area contributed by atoms with E-state index in [1.165, 1.54) is 12.8 Å². The molecule has 1 fully saturated rings. The van der Waals surface area contributed by atoms with E-state index in [1.807, 2.05) is 25.1 Å². The van der Waals surface area contributed by atoms with E-state index in [0.29, 0.717) is 19.1 Å². The molecule has 2 rings (SSSR count). The molecule has 0 atom stereocenters. The SMILES string of the molecule is Cc1cc(C#CCCCl)ccc1OCOCC1CC1. The fraction of sp³-hybridized carbons (Fsp3) is 0.500. The van der Waals surface area contributed by atoms with E-state index >= 15 is 0 Å². The molecule has 1 aromatic rings. The van der Waals surface area contributed by atoms with Crippen molar-refractivity contribution in [3.05, 3.63) is 29.3 Å². The summed E-state index contributed by atoms with van der Waals surface area (Å²) in [7, 11) is 0. The van der Waals surface area contributed by atoms with Gasteiger partial charge in [-0.15, -0.1) is 11.6 Å². The van der Waals surface area contributed by atoms with Crippen molar-refractivity contribution in [2.75, 3.05) is 19.3 Å². The van der Waals surface area contributed by atoms with Gasteiger partial charge in [-0.3, -0.25) is 0 Å². The Morgan fingerprint density at radius 3 is 2.89 bits per heavy atom. The summed E-state index contributed by atoms with van der Waals surface area (Å²) in [6.45, 7) is 3.17. The quantitative estimate of drug-likeness (QED) is 0.342. The number of hydrogen-bond acceptors (Lipinski definition) is 2. The third-order valence-corrected chi connectivity index (χ3v) is 3.16. The van der Waals surface area contributed by atoms with E-state index in [-0.39, 0.29) is 0 Å². The maximum absolute atomic E-state index is 5.60. The lowest BCUT2D eigenvalue weighted by atomic mass is 10.1. The fourth-order valence-electron chi connectivity index (χ4n) is 1.71. The van der Waals surface area contributed by atoms with E-state index in [9.17, 15) is 0 Å². The molecule has 0 aliphatic heterocycles. The number of benzene rings is 1. The predicted octanol–water partition coefficient (Wildman–Crippen LogP) is 3.74. The van der Waals surface area contributed by atoms with E-state index in [2.05, 4.69) is 11.8 Å². The van der Waals surface area contributed by atoms with E-state index < -0.39 is 0 Å². The van der Waals surface area contributed by atoms with Gasteiger partial charge in [0.15, 0.2) is 6.79 Å². The summed E-state index contributed by atoms with van der Waals surface area (Å²) in [6.07, 6.45) is 3.32. The van der Waals surface area contributed by atoms with Gasteiger partial charge in [0, 0.05) is 17.9 Å². The molecule has 1 aromatic carbocycles. The topological polar surface area (TPSA) is 18.5 Å². The van der Waals surface area contributed by atoms with Crippen molar-refractivity contribution in [2.24, 2.45) is 5.92 Å². The van der Waals surface area contributed by atoms with Gasteiger partial charge in [-0.1, -0.05) is 11.8 Å². The predicted molar refractivity (Wildman–Crippen MR) is 77.6 cm³/mol. The first-order valence-corrected chi connectivity index (χ1v) is 7.19. The Kier molecular flexibility index (Phi) is 5.57. The highest BCUT2D eigenvalue weighted by Gasteiger charge is 2.21. The lowest BCUT2D eigenvalue weighted by Gasteiger charge is -2.09. The van der Waals surface area contributed by atoms with Gasteiger partial charge in [-0.25, -0.2) is 0 Å². The first-order valence-electron chi connectivity index (χ1n) is 6.65. The molecule has 0 saturated heterocycles. The number of ether oxygens (including phenoxy) is 2. The van der Waals surface area contributed by atoms with Crippen LogP contribution in [0.1, 0.15) is 30.4 Å². The zero-order valence-corrected chi connectivity index (χ0v) is 12.0. The van der Waals surface area contributed by atoms with Crippen molar-refractivity contribution in [1.82, 2.24) is 0 Å². The summed E-state index contributed by atoms with van der Waals surface area (Å²) in [6, 6.07) is 5.93. The van der Waals surface area contributed by atoms with Crippen molar-refractivity contribution in [2.45, 2.75) is 26.2 Å². The smallest absolute Gasteiger partial charge is 0.189 e. The zero-order valence-electron chi connectivity index (χ0n) is 11.2. The van der Waals surface area contributed by atoms with Crippen LogP contribution in [0.3, 0.4) is 0 Å². The number of halogens is 1. The van der Waals surface area contributed by atoms with Gasteiger partial charge in [0.05, 0.1) is 6.61 Å².